The zero-order valence-corrected chi connectivity index (χ0v) is 13.1. The van der Waals surface area contributed by atoms with Crippen LogP contribution in [0.3, 0.4) is 0 Å². The summed E-state index contributed by atoms with van der Waals surface area (Å²) in [6.45, 7) is 4.77. The standard InChI is InChI=1S/C14H21N3O3S/c1-3-11(2)14(18)16-12-5-7-13(8-6-12)17-10-4-9-15-21(17,19)20/h5-8,11,15H,3-4,9-10H2,1-2H3,(H,16,18). The Labute approximate surface area is 125 Å². The van der Waals surface area contributed by atoms with Crippen molar-refractivity contribution in [2.75, 3.05) is 22.7 Å². The Balaban J connectivity index is 2.10. The van der Waals surface area contributed by atoms with E-state index in [4.69, 9.17) is 0 Å². The molecule has 0 aliphatic carbocycles. The van der Waals surface area contributed by atoms with Crippen molar-refractivity contribution in [3.05, 3.63) is 24.3 Å². The van der Waals surface area contributed by atoms with Crippen LogP contribution in [0.1, 0.15) is 26.7 Å². The SMILES string of the molecule is CCC(C)C(=O)Nc1ccc(N2CCCNS2(=O)=O)cc1. The highest BCUT2D eigenvalue weighted by Gasteiger charge is 2.25. The molecule has 1 aliphatic heterocycles. The number of anilines is 2. The first-order chi connectivity index (χ1) is 9.94. The molecule has 1 atom stereocenters. The predicted molar refractivity (Wildman–Crippen MR) is 83.4 cm³/mol. The molecule has 0 radical (unpaired) electrons. The third-order valence-electron chi connectivity index (χ3n) is 3.60. The summed E-state index contributed by atoms with van der Waals surface area (Å²) in [6.07, 6.45) is 1.55. The summed E-state index contributed by atoms with van der Waals surface area (Å²) in [5.41, 5.74) is 1.27. The first-order valence-electron chi connectivity index (χ1n) is 7.12. The topological polar surface area (TPSA) is 78.5 Å². The number of nitrogens with zero attached hydrogens (tertiary/aromatic N) is 1. The Hall–Kier alpha value is -1.60. The van der Waals surface area contributed by atoms with Crippen molar-refractivity contribution >= 4 is 27.5 Å². The second-order valence-electron chi connectivity index (χ2n) is 5.17. The Kier molecular flexibility index (Phi) is 4.84. The molecule has 6 nitrogen and oxygen atoms in total. The van der Waals surface area contributed by atoms with Gasteiger partial charge in [0.15, 0.2) is 0 Å². The molecule has 1 heterocycles. The van der Waals surface area contributed by atoms with Gasteiger partial charge in [-0.3, -0.25) is 9.10 Å². The highest BCUT2D eigenvalue weighted by atomic mass is 32.2. The lowest BCUT2D eigenvalue weighted by atomic mass is 10.1. The maximum Gasteiger partial charge on any atom is 0.301 e. The fourth-order valence-electron chi connectivity index (χ4n) is 2.05. The molecule has 1 aromatic rings. The summed E-state index contributed by atoms with van der Waals surface area (Å²) >= 11 is 0. The van der Waals surface area contributed by atoms with Gasteiger partial charge in [0.1, 0.15) is 0 Å². The number of amides is 1. The van der Waals surface area contributed by atoms with Crippen LogP contribution in [0.2, 0.25) is 0 Å². The minimum absolute atomic E-state index is 0.0301. The first-order valence-corrected chi connectivity index (χ1v) is 8.56. The molecule has 7 heteroatoms. The summed E-state index contributed by atoms with van der Waals surface area (Å²) in [5.74, 6) is -0.0751. The van der Waals surface area contributed by atoms with Gasteiger partial charge in [-0.1, -0.05) is 13.8 Å². The van der Waals surface area contributed by atoms with E-state index in [1.54, 1.807) is 24.3 Å². The fourth-order valence-corrected chi connectivity index (χ4v) is 3.38. The number of nitrogens with one attached hydrogen (secondary N) is 2. The normalized spacial score (nSPS) is 19.0. The molecule has 1 fully saturated rings. The van der Waals surface area contributed by atoms with Crippen LogP contribution in [0.4, 0.5) is 11.4 Å². The number of hydrogen-bond donors (Lipinski definition) is 2. The van der Waals surface area contributed by atoms with Crippen LogP contribution < -0.4 is 14.3 Å². The molecule has 0 bridgehead atoms. The number of rotatable bonds is 4. The van der Waals surface area contributed by atoms with Gasteiger partial charge < -0.3 is 5.32 Å². The maximum atomic E-state index is 11.9. The first kappa shape index (κ1) is 15.8. The van der Waals surface area contributed by atoms with E-state index < -0.39 is 10.2 Å². The van der Waals surface area contributed by atoms with Gasteiger partial charge in [0.25, 0.3) is 0 Å². The van der Waals surface area contributed by atoms with Gasteiger partial charge in [-0.2, -0.15) is 13.1 Å². The van der Waals surface area contributed by atoms with Crippen LogP contribution in [0.15, 0.2) is 24.3 Å². The van der Waals surface area contributed by atoms with Crippen molar-refractivity contribution in [3.63, 3.8) is 0 Å². The zero-order chi connectivity index (χ0) is 15.5. The lowest BCUT2D eigenvalue weighted by molar-refractivity contribution is -0.119. The minimum atomic E-state index is -3.43. The molecule has 2 rings (SSSR count). The summed E-state index contributed by atoms with van der Waals surface area (Å²) in [5, 5.41) is 2.82. The smallest absolute Gasteiger partial charge is 0.301 e. The van der Waals surface area contributed by atoms with Gasteiger partial charge in [-0.25, -0.2) is 0 Å². The van der Waals surface area contributed by atoms with Crippen molar-refractivity contribution in [1.82, 2.24) is 4.72 Å². The van der Waals surface area contributed by atoms with Gasteiger partial charge in [0, 0.05) is 24.7 Å². The van der Waals surface area contributed by atoms with Crippen LogP contribution in [0.25, 0.3) is 0 Å². The van der Waals surface area contributed by atoms with Crippen molar-refractivity contribution in [2.24, 2.45) is 5.92 Å². The molecule has 2 N–H and O–H groups in total. The summed E-state index contributed by atoms with van der Waals surface area (Å²) in [6, 6.07) is 6.85. The van der Waals surface area contributed by atoms with E-state index in [1.165, 1.54) is 4.31 Å². The lowest BCUT2D eigenvalue weighted by Crippen LogP contribution is -2.47. The van der Waals surface area contributed by atoms with Gasteiger partial charge in [0.05, 0.1) is 5.69 Å². The molecule has 0 aromatic heterocycles. The second kappa shape index (κ2) is 6.44. The van der Waals surface area contributed by atoms with Crippen molar-refractivity contribution in [1.29, 1.82) is 0 Å². The third-order valence-corrected chi connectivity index (χ3v) is 5.14. The fraction of sp³-hybridized carbons (Fsp3) is 0.500. The molecule has 1 saturated heterocycles. The van der Waals surface area contributed by atoms with Gasteiger partial charge in [-0.15, -0.1) is 0 Å². The van der Waals surface area contributed by atoms with Crippen LogP contribution in [-0.2, 0) is 15.0 Å². The predicted octanol–water partition coefficient (Wildman–Crippen LogP) is 1.72. The molecule has 1 aliphatic rings. The molecule has 1 unspecified atom stereocenters. The molecule has 116 valence electrons. The van der Waals surface area contributed by atoms with Gasteiger partial charge >= 0.3 is 10.2 Å². The number of carbonyl (C=O) groups is 1. The zero-order valence-electron chi connectivity index (χ0n) is 12.3. The van der Waals surface area contributed by atoms with E-state index in [-0.39, 0.29) is 11.8 Å². The number of carbonyl (C=O) groups excluding carboxylic acids is 1. The Morgan fingerprint density at radius 1 is 1.38 bits per heavy atom. The Bertz CT molecular complexity index is 598. The van der Waals surface area contributed by atoms with Crippen molar-refractivity contribution < 1.29 is 13.2 Å². The quantitative estimate of drug-likeness (QED) is 0.888. The molecule has 0 saturated carbocycles. The number of benzene rings is 1. The van der Waals surface area contributed by atoms with Gasteiger partial charge in [0.2, 0.25) is 5.91 Å². The van der Waals surface area contributed by atoms with E-state index >= 15 is 0 Å². The van der Waals surface area contributed by atoms with E-state index in [0.29, 0.717) is 24.5 Å². The molecular weight excluding hydrogens is 290 g/mol. The molecule has 1 amide bonds. The van der Waals surface area contributed by atoms with Crippen molar-refractivity contribution in [2.45, 2.75) is 26.7 Å². The largest absolute Gasteiger partial charge is 0.326 e. The molecule has 1 aromatic carbocycles. The highest BCUT2D eigenvalue weighted by molar-refractivity contribution is 7.90. The van der Waals surface area contributed by atoms with Crippen LogP contribution in [-0.4, -0.2) is 27.4 Å². The summed E-state index contributed by atoms with van der Waals surface area (Å²) in [7, 11) is -3.43. The molecule has 0 spiro atoms. The third kappa shape index (κ3) is 3.74. The maximum absolute atomic E-state index is 11.9. The number of hydrogen-bond acceptors (Lipinski definition) is 3. The minimum Gasteiger partial charge on any atom is -0.326 e. The van der Waals surface area contributed by atoms with E-state index in [2.05, 4.69) is 10.0 Å². The lowest BCUT2D eigenvalue weighted by Gasteiger charge is -2.28. The Morgan fingerprint density at radius 3 is 2.62 bits per heavy atom. The van der Waals surface area contributed by atoms with E-state index in [1.807, 2.05) is 13.8 Å². The van der Waals surface area contributed by atoms with E-state index in [0.717, 1.165) is 12.8 Å². The summed E-state index contributed by atoms with van der Waals surface area (Å²) in [4.78, 5) is 11.8. The average molecular weight is 311 g/mol. The second-order valence-corrected chi connectivity index (χ2v) is 6.85. The van der Waals surface area contributed by atoms with Crippen LogP contribution >= 0.6 is 0 Å². The van der Waals surface area contributed by atoms with Crippen molar-refractivity contribution in [3.8, 4) is 0 Å². The highest BCUT2D eigenvalue weighted by Crippen LogP contribution is 2.22. The van der Waals surface area contributed by atoms with E-state index in [9.17, 15) is 13.2 Å². The monoisotopic (exact) mass is 311 g/mol. The Morgan fingerprint density at radius 2 is 2.05 bits per heavy atom. The summed E-state index contributed by atoms with van der Waals surface area (Å²) < 4.78 is 27.7. The van der Waals surface area contributed by atoms with Crippen LogP contribution in [0.5, 0.6) is 0 Å². The molecule has 21 heavy (non-hydrogen) atoms. The van der Waals surface area contributed by atoms with Gasteiger partial charge in [-0.05, 0) is 37.1 Å². The van der Waals surface area contributed by atoms with Crippen LogP contribution in [0, 0.1) is 5.92 Å². The average Bonchev–Trinajstić information content (AvgIpc) is 2.47. The molecular formula is C14H21N3O3S.